The monoisotopic (exact) mass is 383 g/mol. The summed E-state index contributed by atoms with van der Waals surface area (Å²) in [6.45, 7) is 0. The number of alkyl halides is 3. The van der Waals surface area contributed by atoms with Gasteiger partial charge in [0.25, 0.3) is 5.91 Å². The first-order valence-corrected chi connectivity index (χ1v) is 7.62. The van der Waals surface area contributed by atoms with E-state index in [2.05, 4.69) is 10.4 Å². The molecule has 0 aliphatic rings. The topological polar surface area (TPSA) is 46.9 Å². The second-order valence-corrected chi connectivity index (χ2v) is 5.67. The largest absolute Gasteiger partial charge is 0.434 e. The number of hydrogen-bond acceptors (Lipinski definition) is 2. The normalized spacial score (nSPS) is 11.4. The van der Waals surface area contributed by atoms with Crippen LogP contribution < -0.4 is 5.32 Å². The van der Waals surface area contributed by atoms with Gasteiger partial charge in [-0.25, -0.2) is 9.07 Å². The molecule has 0 aliphatic carbocycles. The van der Waals surface area contributed by atoms with Gasteiger partial charge in [-0.05, 0) is 30.3 Å². The molecule has 0 spiro atoms. The molecule has 0 radical (unpaired) electrons. The lowest BCUT2D eigenvalue weighted by Crippen LogP contribution is -2.21. The number of para-hydroxylation sites is 1. The van der Waals surface area contributed by atoms with E-state index in [0.717, 1.165) is 18.3 Å². The fourth-order valence-corrected chi connectivity index (χ4v) is 2.49. The summed E-state index contributed by atoms with van der Waals surface area (Å²) < 4.78 is 55.0. The third kappa shape index (κ3) is 3.55. The van der Waals surface area contributed by atoms with Crippen molar-refractivity contribution in [3.8, 4) is 5.69 Å². The number of carbonyl (C=O) groups excluding carboxylic acids is 1. The van der Waals surface area contributed by atoms with Crippen molar-refractivity contribution in [2.45, 2.75) is 6.18 Å². The van der Waals surface area contributed by atoms with Crippen LogP contribution in [0.4, 0.5) is 23.2 Å². The highest BCUT2D eigenvalue weighted by Crippen LogP contribution is 2.34. The van der Waals surface area contributed by atoms with Gasteiger partial charge in [0, 0.05) is 5.02 Å². The second-order valence-electron chi connectivity index (χ2n) is 5.23. The Morgan fingerprint density at radius 3 is 2.42 bits per heavy atom. The highest BCUT2D eigenvalue weighted by molar-refractivity contribution is 6.30. The number of nitrogens with one attached hydrogen (secondary N) is 1. The lowest BCUT2D eigenvalue weighted by molar-refractivity contribution is -0.143. The molecule has 0 bridgehead atoms. The van der Waals surface area contributed by atoms with Crippen LogP contribution in [0, 0.1) is 5.82 Å². The SMILES string of the molecule is O=C(Nc1ccc(Cl)cc1F)c1cnn(-c2ccccc2)c1C(F)(F)F. The summed E-state index contributed by atoms with van der Waals surface area (Å²) in [5.74, 6) is -2.00. The van der Waals surface area contributed by atoms with Gasteiger partial charge in [0.05, 0.1) is 23.1 Å². The molecule has 4 nitrogen and oxygen atoms in total. The van der Waals surface area contributed by atoms with Gasteiger partial charge >= 0.3 is 6.18 Å². The molecule has 0 saturated carbocycles. The Morgan fingerprint density at radius 2 is 1.81 bits per heavy atom. The predicted octanol–water partition coefficient (Wildman–Crippen LogP) is 4.94. The van der Waals surface area contributed by atoms with Gasteiger partial charge in [-0.3, -0.25) is 4.79 Å². The van der Waals surface area contributed by atoms with E-state index in [1.807, 2.05) is 0 Å². The lowest BCUT2D eigenvalue weighted by Gasteiger charge is -2.13. The van der Waals surface area contributed by atoms with Crippen LogP contribution in [0.3, 0.4) is 0 Å². The van der Waals surface area contributed by atoms with Crippen LogP contribution >= 0.6 is 11.6 Å². The van der Waals surface area contributed by atoms with Gasteiger partial charge in [-0.2, -0.15) is 18.3 Å². The Balaban J connectivity index is 2.02. The molecule has 1 amide bonds. The Kier molecular flexibility index (Phi) is 4.69. The summed E-state index contributed by atoms with van der Waals surface area (Å²) in [5.41, 5.74) is -2.14. The first kappa shape index (κ1) is 17.9. The number of benzene rings is 2. The summed E-state index contributed by atoms with van der Waals surface area (Å²) in [6.07, 6.45) is -4.06. The van der Waals surface area contributed by atoms with Gasteiger partial charge in [-0.1, -0.05) is 29.8 Å². The Hall–Kier alpha value is -2.87. The van der Waals surface area contributed by atoms with Gasteiger partial charge < -0.3 is 5.32 Å². The van der Waals surface area contributed by atoms with E-state index >= 15 is 0 Å². The van der Waals surface area contributed by atoms with Crippen molar-refractivity contribution in [3.63, 3.8) is 0 Å². The smallest absolute Gasteiger partial charge is 0.319 e. The van der Waals surface area contributed by atoms with E-state index in [1.165, 1.54) is 18.2 Å². The molecule has 3 rings (SSSR count). The van der Waals surface area contributed by atoms with E-state index in [1.54, 1.807) is 18.2 Å². The minimum absolute atomic E-state index is 0.0911. The van der Waals surface area contributed by atoms with Crippen molar-refractivity contribution in [1.29, 1.82) is 0 Å². The molecule has 2 aromatic carbocycles. The quantitative estimate of drug-likeness (QED) is 0.651. The van der Waals surface area contributed by atoms with Gasteiger partial charge in [0.15, 0.2) is 5.69 Å². The number of hydrogen-bond donors (Lipinski definition) is 1. The summed E-state index contributed by atoms with van der Waals surface area (Å²) in [5, 5.41) is 5.87. The van der Waals surface area contributed by atoms with Crippen LogP contribution in [0.2, 0.25) is 5.02 Å². The van der Waals surface area contributed by atoms with Crippen LogP contribution in [0.25, 0.3) is 5.69 Å². The number of nitrogens with zero attached hydrogens (tertiary/aromatic N) is 2. The first-order valence-electron chi connectivity index (χ1n) is 7.24. The molecule has 1 aromatic heterocycles. The number of halogens is 5. The fraction of sp³-hybridized carbons (Fsp3) is 0.0588. The van der Waals surface area contributed by atoms with Crippen molar-refractivity contribution in [3.05, 3.63) is 76.8 Å². The maximum absolute atomic E-state index is 13.8. The molecule has 3 aromatic rings. The third-order valence-electron chi connectivity index (χ3n) is 3.46. The number of amides is 1. The standard InChI is InChI=1S/C17H10ClF4N3O/c18-10-6-7-14(13(19)8-10)24-16(26)12-9-23-25(15(12)17(20,21)22)11-4-2-1-3-5-11/h1-9H,(H,24,26). The Labute approximate surface area is 150 Å². The summed E-state index contributed by atoms with van der Waals surface area (Å²) in [6, 6.07) is 11.0. The molecule has 26 heavy (non-hydrogen) atoms. The highest BCUT2D eigenvalue weighted by Gasteiger charge is 2.40. The minimum atomic E-state index is -4.85. The van der Waals surface area contributed by atoms with Crippen LogP contribution in [0.5, 0.6) is 0 Å². The number of aromatic nitrogens is 2. The molecular weight excluding hydrogens is 374 g/mol. The third-order valence-corrected chi connectivity index (χ3v) is 3.70. The predicted molar refractivity (Wildman–Crippen MR) is 87.9 cm³/mol. The minimum Gasteiger partial charge on any atom is -0.319 e. The zero-order chi connectivity index (χ0) is 18.9. The van der Waals surface area contributed by atoms with Gasteiger partial charge in [0.2, 0.25) is 0 Å². The van der Waals surface area contributed by atoms with E-state index < -0.39 is 29.2 Å². The molecule has 1 heterocycles. The molecular formula is C17H10ClF4N3O. The van der Waals surface area contributed by atoms with Crippen LogP contribution in [0.15, 0.2) is 54.7 Å². The molecule has 9 heteroatoms. The summed E-state index contributed by atoms with van der Waals surface area (Å²) in [7, 11) is 0. The molecule has 1 N–H and O–H groups in total. The molecule has 0 atom stereocenters. The molecule has 0 unspecified atom stereocenters. The van der Waals surface area contributed by atoms with Crippen LogP contribution in [-0.4, -0.2) is 15.7 Å². The van der Waals surface area contributed by atoms with E-state index in [0.29, 0.717) is 4.68 Å². The Bertz CT molecular complexity index is 954. The van der Waals surface area contributed by atoms with E-state index in [-0.39, 0.29) is 16.4 Å². The van der Waals surface area contributed by atoms with Crippen molar-refractivity contribution in [1.82, 2.24) is 9.78 Å². The van der Waals surface area contributed by atoms with E-state index in [9.17, 15) is 22.4 Å². The summed E-state index contributed by atoms with van der Waals surface area (Å²) >= 11 is 5.61. The first-order chi connectivity index (χ1) is 12.3. The van der Waals surface area contributed by atoms with Gasteiger partial charge in [-0.15, -0.1) is 0 Å². The van der Waals surface area contributed by atoms with Crippen LogP contribution in [0.1, 0.15) is 16.1 Å². The van der Waals surface area contributed by atoms with Gasteiger partial charge in [0.1, 0.15) is 5.82 Å². The number of rotatable bonds is 3. The number of anilines is 1. The Morgan fingerprint density at radius 1 is 1.12 bits per heavy atom. The molecule has 134 valence electrons. The zero-order valence-corrected chi connectivity index (χ0v) is 13.6. The highest BCUT2D eigenvalue weighted by atomic mass is 35.5. The maximum Gasteiger partial charge on any atom is 0.434 e. The second kappa shape index (κ2) is 6.80. The average molecular weight is 384 g/mol. The molecule has 0 aliphatic heterocycles. The zero-order valence-electron chi connectivity index (χ0n) is 12.9. The lowest BCUT2D eigenvalue weighted by atomic mass is 10.2. The van der Waals surface area contributed by atoms with Crippen molar-refractivity contribution in [2.75, 3.05) is 5.32 Å². The summed E-state index contributed by atoms with van der Waals surface area (Å²) in [4.78, 5) is 12.3. The van der Waals surface area contributed by atoms with Crippen LogP contribution in [-0.2, 0) is 6.18 Å². The molecule has 0 saturated heterocycles. The number of carbonyl (C=O) groups is 1. The van der Waals surface area contributed by atoms with Crippen molar-refractivity contribution >= 4 is 23.2 Å². The maximum atomic E-state index is 13.8. The van der Waals surface area contributed by atoms with E-state index in [4.69, 9.17) is 11.6 Å². The van der Waals surface area contributed by atoms with Crippen molar-refractivity contribution in [2.24, 2.45) is 0 Å². The molecule has 0 fully saturated rings. The fourth-order valence-electron chi connectivity index (χ4n) is 2.33. The average Bonchev–Trinajstić information content (AvgIpc) is 3.04. The van der Waals surface area contributed by atoms with Crippen molar-refractivity contribution < 1.29 is 22.4 Å².